The molecule has 1 saturated heterocycles. The molecule has 0 amide bonds. The number of hydrogen-bond donors (Lipinski definition) is 3. The number of nitrogens with one attached hydrogen (secondary N) is 3. The van der Waals surface area contributed by atoms with Crippen molar-refractivity contribution >= 4 is 33.3 Å². The van der Waals surface area contributed by atoms with Gasteiger partial charge in [0.15, 0.2) is 0 Å². The Morgan fingerprint density at radius 3 is 2.66 bits per heavy atom. The van der Waals surface area contributed by atoms with Gasteiger partial charge in [-0.2, -0.15) is 5.10 Å². The van der Waals surface area contributed by atoms with Crippen LogP contribution in [0.25, 0.3) is 44.5 Å². The molecular formula is C31H35N7. The number of benzene rings is 1. The lowest BCUT2D eigenvalue weighted by molar-refractivity contribution is 0.411. The molecule has 1 aromatic carbocycles. The maximum absolute atomic E-state index is 4.69. The third-order valence-electron chi connectivity index (χ3n) is 7.16. The number of allylic oxidation sites excluding steroid dienone is 1. The number of H-pyrrole nitrogens is 2. The fourth-order valence-corrected chi connectivity index (χ4v) is 5.50. The number of pyridine rings is 2. The van der Waals surface area contributed by atoms with E-state index in [0.29, 0.717) is 0 Å². The van der Waals surface area contributed by atoms with E-state index < -0.39 is 0 Å². The fourth-order valence-electron chi connectivity index (χ4n) is 5.50. The van der Waals surface area contributed by atoms with E-state index in [2.05, 4.69) is 94.0 Å². The Bertz CT molecular complexity index is 1610. The highest BCUT2D eigenvalue weighted by atomic mass is 15.1. The number of nitrogens with zero attached hydrogens (tertiary/aromatic N) is 4. The lowest BCUT2D eigenvalue weighted by atomic mass is 9.91. The number of aromatic nitrogens is 5. The Kier molecular flexibility index (Phi) is 6.14. The molecule has 0 radical (unpaired) electrons. The van der Waals surface area contributed by atoms with Crippen LogP contribution in [0.2, 0.25) is 0 Å². The van der Waals surface area contributed by atoms with E-state index in [4.69, 9.17) is 5.10 Å². The maximum atomic E-state index is 4.69. The molecule has 1 fully saturated rings. The van der Waals surface area contributed by atoms with Crippen LogP contribution in [0.5, 0.6) is 0 Å². The number of piperidine rings is 1. The van der Waals surface area contributed by atoms with Gasteiger partial charge >= 0.3 is 0 Å². The SMILES string of the molecule is C=C(CC(C)(C)C)Nc1cncc(-c2ccc3[nH]nc(-c4cc5c(N6CCCCC6)ccnc5[nH]4)c3c2)c1. The molecule has 0 atom stereocenters. The predicted molar refractivity (Wildman–Crippen MR) is 157 cm³/mol. The van der Waals surface area contributed by atoms with E-state index in [1.807, 2.05) is 18.6 Å². The normalized spacial score (nSPS) is 14.3. The van der Waals surface area contributed by atoms with Crippen LogP contribution in [-0.4, -0.2) is 38.2 Å². The van der Waals surface area contributed by atoms with Crippen LogP contribution >= 0.6 is 0 Å². The third kappa shape index (κ3) is 4.88. The van der Waals surface area contributed by atoms with Crippen molar-refractivity contribution in [2.45, 2.75) is 46.5 Å². The van der Waals surface area contributed by atoms with Crippen molar-refractivity contribution in [2.24, 2.45) is 5.41 Å². The monoisotopic (exact) mass is 505 g/mol. The van der Waals surface area contributed by atoms with Gasteiger partial charge in [0.05, 0.1) is 23.1 Å². The fraction of sp³-hybridized carbons (Fsp3) is 0.323. The average molecular weight is 506 g/mol. The Morgan fingerprint density at radius 1 is 1.00 bits per heavy atom. The van der Waals surface area contributed by atoms with E-state index in [0.717, 1.165) is 75.3 Å². The molecule has 7 nitrogen and oxygen atoms in total. The molecule has 6 rings (SSSR count). The van der Waals surface area contributed by atoms with Crippen molar-refractivity contribution in [3.8, 4) is 22.5 Å². The zero-order valence-electron chi connectivity index (χ0n) is 22.4. The molecule has 0 spiro atoms. The zero-order valence-corrected chi connectivity index (χ0v) is 22.4. The molecule has 5 heterocycles. The maximum Gasteiger partial charge on any atom is 0.139 e. The lowest BCUT2D eigenvalue weighted by Gasteiger charge is -2.29. The molecule has 4 aromatic heterocycles. The van der Waals surface area contributed by atoms with Crippen molar-refractivity contribution < 1.29 is 0 Å². The third-order valence-corrected chi connectivity index (χ3v) is 7.16. The van der Waals surface area contributed by atoms with Crippen LogP contribution in [0, 0.1) is 5.41 Å². The van der Waals surface area contributed by atoms with Crippen LogP contribution in [0.1, 0.15) is 46.5 Å². The first-order valence-corrected chi connectivity index (χ1v) is 13.5. The number of aromatic amines is 2. The molecule has 0 bridgehead atoms. The summed E-state index contributed by atoms with van der Waals surface area (Å²) in [5.74, 6) is 0. The minimum absolute atomic E-state index is 0.171. The standard InChI is InChI=1S/C31H35N7/c1-20(17-31(2,3)4)34-23-14-22(18-32-19-23)21-8-9-26-24(15-21)29(37-36-26)27-16-25-28(10-11-33-30(25)35-27)38-12-6-5-7-13-38/h8-11,14-16,18-19,34H,1,5-7,12-13,17H2,2-4H3,(H,33,35)(H,36,37). The molecule has 5 aromatic rings. The highest BCUT2D eigenvalue weighted by Gasteiger charge is 2.18. The van der Waals surface area contributed by atoms with Gasteiger partial charge in [0.25, 0.3) is 0 Å². The second kappa shape index (κ2) is 9.63. The first-order valence-electron chi connectivity index (χ1n) is 13.5. The van der Waals surface area contributed by atoms with Gasteiger partial charge in [-0.15, -0.1) is 0 Å². The first kappa shape index (κ1) is 24.2. The summed E-state index contributed by atoms with van der Waals surface area (Å²) in [6.07, 6.45) is 10.3. The molecule has 3 N–H and O–H groups in total. The minimum atomic E-state index is 0.171. The Balaban J connectivity index is 1.33. The Labute approximate surface area is 223 Å². The van der Waals surface area contributed by atoms with Crippen LogP contribution in [0.4, 0.5) is 11.4 Å². The molecule has 194 valence electrons. The zero-order chi connectivity index (χ0) is 26.3. The van der Waals surface area contributed by atoms with Gasteiger partial charge in [-0.25, -0.2) is 4.98 Å². The predicted octanol–water partition coefficient (Wildman–Crippen LogP) is 7.52. The van der Waals surface area contributed by atoms with Crippen molar-refractivity contribution in [3.63, 3.8) is 0 Å². The smallest absolute Gasteiger partial charge is 0.139 e. The van der Waals surface area contributed by atoms with E-state index in [1.54, 1.807) is 0 Å². The van der Waals surface area contributed by atoms with Crippen molar-refractivity contribution in [1.82, 2.24) is 25.1 Å². The summed E-state index contributed by atoms with van der Waals surface area (Å²) in [7, 11) is 0. The highest BCUT2D eigenvalue weighted by Crippen LogP contribution is 2.35. The van der Waals surface area contributed by atoms with Crippen LogP contribution in [-0.2, 0) is 0 Å². The lowest BCUT2D eigenvalue weighted by Crippen LogP contribution is -2.29. The average Bonchev–Trinajstić information content (AvgIpc) is 3.51. The topological polar surface area (TPSA) is 85.5 Å². The van der Waals surface area contributed by atoms with Gasteiger partial charge in [0, 0.05) is 53.2 Å². The van der Waals surface area contributed by atoms with Gasteiger partial charge in [0.2, 0.25) is 0 Å². The number of rotatable bonds is 6. The summed E-state index contributed by atoms with van der Waals surface area (Å²) in [6, 6.07) is 12.8. The van der Waals surface area contributed by atoms with E-state index in [9.17, 15) is 0 Å². The second-order valence-corrected chi connectivity index (χ2v) is 11.6. The molecule has 0 aliphatic carbocycles. The Morgan fingerprint density at radius 2 is 1.84 bits per heavy atom. The van der Waals surface area contributed by atoms with Crippen molar-refractivity contribution in [3.05, 3.63) is 67.3 Å². The molecule has 0 saturated carbocycles. The minimum Gasteiger partial charge on any atom is -0.371 e. The van der Waals surface area contributed by atoms with Crippen LogP contribution < -0.4 is 10.2 Å². The van der Waals surface area contributed by atoms with E-state index >= 15 is 0 Å². The number of fused-ring (bicyclic) bond motifs is 2. The Hall–Kier alpha value is -4.13. The molecular weight excluding hydrogens is 470 g/mol. The first-order chi connectivity index (χ1) is 18.3. The quantitative estimate of drug-likeness (QED) is 0.222. The second-order valence-electron chi connectivity index (χ2n) is 11.6. The largest absolute Gasteiger partial charge is 0.371 e. The highest BCUT2D eigenvalue weighted by molar-refractivity contribution is 5.99. The van der Waals surface area contributed by atoms with E-state index in [-0.39, 0.29) is 5.41 Å². The number of hydrogen-bond acceptors (Lipinski definition) is 5. The molecule has 1 aliphatic heterocycles. The summed E-state index contributed by atoms with van der Waals surface area (Å²) >= 11 is 0. The van der Waals surface area contributed by atoms with Gasteiger partial charge in [-0.05, 0) is 67.0 Å². The van der Waals surface area contributed by atoms with Crippen LogP contribution in [0.15, 0.2) is 67.3 Å². The summed E-state index contributed by atoms with van der Waals surface area (Å²) in [5, 5.41) is 13.5. The summed E-state index contributed by atoms with van der Waals surface area (Å²) in [4.78, 5) is 15.1. The number of anilines is 2. The molecule has 38 heavy (non-hydrogen) atoms. The van der Waals surface area contributed by atoms with E-state index in [1.165, 1.54) is 24.9 Å². The van der Waals surface area contributed by atoms with Gasteiger partial charge in [-0.3, -0.25) is 10.1 Å². The summed E-state index contributed by atoms with van der Waals surface area (Å²) in [5.41, 5.74) is 9.22. The molecule has 1 aliphatic rings. The van der Waals surface area contributed by atoms with Crippen molar-refractivity contribution in [2.75, 3.05) is 23.3 Å². The van der Waals surface area contributed by atoms with Gasteiger partial charge < -0.3 is 15.2 Å². The van der Waals surface area contributed by atoms with Gasteiger partial charge in [-0.1, -0.05) is 33.4 Å². The van der Waals surface area contributed by atoms with Crippen molar-refractivity contribution in [1.29, 1.82) is 0 Å². The molecule has 0 unspecified atom stereocenters. The van der Waals surface area contributed by atoms with Crippen LogP contribution in [0.3, 0.4) is 0 Å². The molecule has 7 heteroatoms. The summed E-state index contributed by atoms with van der Waals surface area (Å²) in [6.45, 7) is 13.0. The van der Waals surface area contributed by atoms with Gasteiger partial charge in [0.1, 0.15) is 11.3 Å². The summed E-state index contributed by atoms with van der Waals surface area (Å²) < 4.78 is 0.